The van der Waals surface area contributed by atoms with Crippen LogP contribution in [0.5, 0.6) is 0 Å². The number of hydrogen-bond acceptors (Lipinski definition) is 3. The summed E-state index contributed by atoms with van der Waals surface area (Å²) in [5.41, 5.74) is 0. The van der Waals surface area contributed by atoms with Gasteiger partial charge in [-0.05, 0) is 0 Å². The molecule has 1 fully saturated rings. The van der Waals surface area contributed by atoms with E-state index in [1.165, 1.54) is 0 Å². The molecule has 0 radical (unpaired) electrons. The third-order valence-electron chi connectivity index (χ3n) is 1.22. The van der Waals surface area contributed by atoms with Gasteiger partial charge >= 0.3 is 0 Å². The molecule has 1 saturated heterocycles. The number of ether oxygens (including phenoxy) is 2. The van der Waals surface area contributed by atoms with Crippen molar-refractivity contribution in [3.63, 3.8) is 0 Å². The lowest BCUT2D eigenvalue weighted by Crippen LogP contribution is -2.30. The minimum Gasteiger partial charge on any atom is -0.388 e. The Labute approximate surface area is 64.9 Å². The van der Waals surface area contributed by atoms with Crippen molar-refractivity contribution < 1.29 is 14.6 Å². The van der Waals surface area contributed by atoms with Crippen LogP contribution in [0.15, 0.2) is 0 Å². The first-order valence-electron chi connectivity index (χ1n) is 3.26. The lowest BCUT2D eigenvalue weighted by molar-refractivity contribution is -0.0444. The van der Waals surface area contributed by atoms with Crippen LogP contribution in [0.25, 0.3) is 0 Å². The lowest BCUT2D eigenvalue weighted by Gasteiger charge is -2.18. The van der Waals surface area contributed by atoms with Gasteiger partial charge in [-0.15, -0.1) is 11.6 Å². The second-order valence-electron chi connectivity index (χ2n) is 2.33. The Morgan fingerprint density at radius 3 is 2.10 bits per heavy atom. The van der Waals surface area contributed by atoms with Gasteiger partial charge in [0, 0.05) is 0 Å². The number of rotatable bonds is 0. The Balaban J connectivity index is 2.21. The van der Waals surface area contributed by atoms with Crippen molar-refractivity contribution in [3.8, 4) is 0 Å². The van der Waals surface area contributed by atoms with Crippen molar-refractivity contribution in [2.45, 2.75) is 11.5 Å². The van der Waals surface area contributed by atoms with Crippen molar-refractivity contribution >= 4 is 11.6 Å². The normalized spacial score (nSPS) is 36.6. The molecule has 0 unspecified atom stereocenters. The van der Waals surface area contributed by atoms with Crippen LogP contribution in [0.2, 0.25) is 0 Å². The van der Waals surface area contributed by atoms with Gasteiger partial charge in [0.25, 0.3) is 0 Å². The molecule has 0 aliphatic carbocycles. The minimum atomic E-state index is -0.496. The second kappa shape index (κ2) is 4.13. The first kappa shape index (κ1) is 8.27. The van der Waals surface area contributed by atoms with Crippen LogP contribution in [-0.4, -0.2) is 43.0 Å². The SMILES string of the molecule is O[C@H]1COC[C@H](Cl)COC1. The minimum absolute atomic E-state index is 0.0764. The van der Waals surface area contributed by atoms with Crippen LogP contribution >= 0.6 is 11.6 Å². The van der Waals surface area contributed by atoms with Crippen LogP contribution in [0.1, 0.15) is 0 Å². The highest BCUT2D eigenvalue weighted by molar-refractivity contribution is 6.20. The zero-order valence-corrected chi connectivity index (χ0v) is 6.38. The Bertz CT molecular complexity index is 79.0. The molecule has 0 atom stereocenters. The van der Waals surface area contributed by atoms with E-state index in [9.17, 15) is 0 Å². The van der Waals surface area contributed by atoms with Gasteiger partial charge in [0.05, 0.1) is 31.8 Å². The molecule has 3 nitrogen and oxygen atoms in total. The smallest absolute Gasteiger partial charge is 0.101 e. The first-order valence-corrected chi connectivity index (χ1v) is 3.70. The van der Waals surface area contributed by atoms with Crippen molar-refractivity contribution in [3.05, 3.63) is 0 Å². The monoisotopic (exact) mass is 166 g/mol. The summed E-state index contributed by atoms with van der Waals surface area (Å²) in [7, 11) is 0. The average molecular weight is 167 g/mol. The van der Waals surface area contributed by atoms with Crippen molar-refractivity contribution in [1.29, 1.82) is 0 Å². The molecule has 60 valence electrons. The van der Waals surface area contributed by atoms with E-state index >= 15 is 0 Å². The zero-order chi connectivity index (χ0) is 7.40. The summed E-state index contributed by atoms with van der Waals surface area (Å²) in [4.78, 5) is 0. The van der Waals surface area contributed by atoms with Crippen LogP contribution < -0.4 is 0 Å². The van der Waals surface area contributed by atoms with E-state index < -0.39 is 6.10 Å². The molecule has 0 aromatic heterocycles. The maximum Gasteiger partial charge on any atom is 0.101 e. The fourth-order valence-electron chi connectivity index (χ4n) is 0.760. The van der Waals surface area contributed by atoms with Crippen LogP contribution in [-0.2, 0) is 9.47 Å². The van der Waals surface area contributed by atoms with Crippen LogP contribution in [0.4, 0.5) is 0 Å². The van der Waals surface area contributed by atoms with E-state index in [0.717, 1.165) is 0 Å². The van der Waals surface area contributed by atoms with Gasteiger partial charge in [-0.2, -0.15) is 0 Å². The standard InChI is InChI=1S/C6H11ClO3/c7-5-1-9-3-6(8)4-10-2-5/h5-6,8H,1-4H2/t5-,6-. The van der Waals surface area contributed by atoms with Crippen molar-refractivity contribution in [1.82, 2.24) is 0 Å². The predicted molar refractivity (Wildman–Crippen MR) is 37.3 cm³/mol. The number of aliphatic hydroxyl groups excluding tert-OH is 1. The zero-order valence-electron chi connectivity index (χ0n) is 5.62. The van der Waals surface area contributed by atoms with Gasteiger partial charge in [-0.3, -0.25) is 0 Å². The fraction of sp³-hybridized carbons (Fsp3) is 1.00. The quantitative estimate of drug-likeness (QED) is 0.515. The Hall–Kier alpha value is 0.170. The van der Waals surface area contributed by atoms with E-state index in [1.807, 2.05) is 0 Å². The number of halogens is 1. The highest BCUT2D eigenvalue weighted by atomic mass is 35.5. The molecule has 0 bridgehead atoms. The van der Waals surface area contributed by atoms with E-state index in [4.69, 9.17) is 26.2 Å². The third kappa shape index (κ3) is 2.84. The highest BCUT2D eigenvalue weighted by Gasteiger charge is 2.12. The van der Waals surface area contributed by atoms with E-state index in [0.29, 0.717) is 26.4 Å². The van der Waals surface area contributed by atoms with Crippen LogP contribution in [0, 0.1) is 0 Å². The summed E-state index contributed by atoms with van der Waals surface area (Å²) in [5.74, 6) is 0. The topological polar surface area (TPSA) is 38.7 Å². The molecule has 0 amide bonds. The van der Waals surface area contributed by atoms with Crippen LogP contribution in [0.3, 0.4) is 0 Å². The summed E-state index contributed by atoms with van der Waals surface area (Å²) in [6.07, 6.45) is -0.496. The first-order chi connectivity index (χ1) is 4.79. The Kier molecular flexibility index (Phi) is 3.42. The Morgan fingerprint density at radius 2 is 1.60 bits per heavy atom. The largest absolute Gasteiger partial charge is 0.388 e. The summed E-state index contributed by atoms with van der Waals surface area (Å²) in [6.45, 7) is 1.56. The van der Waals surface area contributed by atoms with E-state index in [2.05, 4.69) is 0 Å². The maximum absolute atomic E-state index is 9.01. The predicted octanol–water partition coefficient (Wildman–Crippen LogP) is 0.00150. The molecule has 1 rings (SSSR count). The van der Waals surface area contributed by atoms with Gasteiger partial charge in [0.1, 0.15) is 6.10 Å². The van der Waals surface area contributed by atoms with Gasteiger partial charge in [0.2, 0.25) is 0 Å². The molecule has 0 aromatic rings. The molecular formula is C6H11ClO3. The van der Waals surface area contributed by atoms with Gasteiger partial charge in [-0.1, -0.05) is 0 Å². The molecule has 1 N–H and O–H groups in total. The molecule has 0 aromatic carbocycles. The molecule has 1 aliphatic rings. The fourth-order valence-corrected chi connectivity index (χ4v) is 0.938. The lowest BCUT2D eigenvalue weighted by atomic mass is 10.4. The molecule has 1 heterocycles. The molecule has 0 saturated carbocycles. The average Bonchev–Trinajstić information content (AvgIpc) is 1.84. The van der Waals surface area contributed by atoms with E-state index in [-0.39, 0.29) is 5.38 Å². The van der Waals surface area contributed by atoms with Crippen molar-refractivity contribution in [2.24, 2.45) is 0 Å². The summed E-state index contributed by atoms with van der Waals surface area (Å²) in [6, 6.07) is 0. The highest BCUT2D eigenvalue weighted by Crippen LogP contribution is 2.02. The molecule has 4 heteroatoms. The third-order valence-corrected chi connectivity index (χ3v) is 1.47. The maximum atomic E-state index is 9.01. The molecule has 0 spiro atoms. The van der Waals surface area contributed by atoms with Gasteiger partial charge in [0.15, 0.2) is 0 Å². The van der Waals surface area contributed by atoms with E-state index in [1.54, 1.807) is 0 Å². The number of aliphatic hydroxyl groups is 1. The van der Waals surface area contributed by atoms with Crippen molar-refractivity contribution in [2.75, 3.05) is 26.4 Å². The second-order valence-corrected chi connectivity index (χ2v) is 2.94. The summed E-state index contributed by atoms with van der Waals surface area (Å²) < 4.78 is 10.1. The molecule has 10 heavy (non-hydrogen) atoms. The van der Waals surface area contributed by atoms with Gasteiger partial charge in [-0.25, -0.2) is 0 Å². The summed E-state index contributed by atoms with van der Waals surface area (Å²) >= 11 is 5.71. The molecular weight excluding hydrogens is 156 g/mol. The number of alkyl halides is 1. The summed E-state index contributed by atoms with van der Waals surface area (Å²) in [5, 5.41) is 8.93. The Morgan fingerprint density at radius 1 is 1.10 bits per heavy atom. The number of hydrogen-bond donors (Lipinski definition) is 1. The van der Waals surface area contributed by atoms with Gasteiger partial charge < -0.3 is 14.6 Å². The molecule has 1 aliphatic heterocycles.